The molecule has 5 heterocycles. The van der Waals surface area contributed by atoms with Crippen LogP contribution < -0.4 is 15.0 Å². The van der Waals surface area contributed by atoms with E-state index in [1.165, 1.54) is 13.2 Å². The number of halogens is 3. The molecule has 3 saturated heterocycles. The maximum absolute atomic E-state index is 13.2. The monoisotopic (exact) mass is 473 g/mol. The lowest BCUT2D eigenvalue weighted by atomic mass is 10.0. The molecule has 0 saturated carbocycles. The minimum atomic E-state index is -4.41. The number of fused-ring (bicyclic) bond motifs is 5. The molecular formula is C24H26F3N5O2. The smallest absolute Gasteiger partial charge is 0.416 e. The van der Waals surface area contributed by atoms with Crippen molar-refractivity contribution in [1.29, 1.82) is 0 Å². The SMILES string of the molecule is COc1nnc(N[C@H](C)c2cccc(C(F)(F)F)c2)c2cc(N3CC4CCCC3CO4)cnc12. The van der Waals surface area contributed by atoms with Gasteiger partial charge in [0.25, 0.3) is 5.88 Å². The summed E-state index contributed by atoms with van der Waals surface area (Å²) in [6, 6.07) is 7.12. The van der Waals surface area contributed by atoms with Crippen LogP contribution in [0, 0.1) is 0 Å². The second kappa shape index (κ2) is 8.90. The van der Waals surface area contributed by atoms with E-state index in [2.05, 4.69) is 25.4 Å². The molecule has 0 radical (unpaired) electrons. The summed E-state index contributed by atoms with van der Waals surface area (Å²) in [4.78, 5) is 6.96. The van der Waals surface area contributed by atoms with Crippen LogP contribution in [0.2, 0.25) is 0 Å². The van der Waals surface area contributed by atoms with Gasteiger partial charge in [-0.05, 0) is 49.9 Å². The van der Waals surface area contributed by atoms with Crippen LogP contribution >= 0.6 is 0 Å². The number of morpholine rings is 1. The number of anilines is 2. The summed E-state index contributed by atoms with van der Waals surface area (Å²) in [5.41, 5.74) is 1.30. The predicted molar refractivity (Wildman–Crippen MR) is 122 cm³/mol. The van der Waals surface area contributed by atoms with Crippen LogP contribution in [0.15, 0.2) is 36.5 Å². The van der Waals surface area contributed by atoms with Crippen molar-refractivity contribution in [2.45, 2.75) is 50.6 Å². The number of ether oxygens (including phenoxy) is 2. The second-order valence-corrected chi connectivity index (χ2v) is 8.83. The number of hydrogen-bond donors (Lipinski definition) is 1. The van der Waals surface area contributed by atoms with Crippen LogP contribution in [0.5, 0.6) is 5.88 Å². The number of aromatic nitrogens is 3. The number of alkyl halides is 3. The lowest BCUT2D eigenvalue weighted by Gasteiger charge is -2.38. The first kappa shape index (κ1) is 22.6. The van der Waals surface area contributed by atoms with Crippen molar-refractivity contribution in [3.63, 3.8) is 0 Å². The average molecular weight is 473 g/mol. The van der Waals surface area contributed by atoms with Crippen molar-refractivity contribution in [3.8, 4) is 5.88 Å². The molecule has 3 aliphatic heterocycles. The third-order valence-electron chi connectivity index (χ3n) is 6.59. The molecule has 10 heteroatoms. The largest absolute Gasteiger partial charge is 0.478 e. The zero-order chi connectivity index (χ0) is 23.9. The average Bonchev–Trinajstić information content (AvgIpc) is 3.19. The fourth-order valence-electron chi connectivity index (χ4n) is 4.74. The van der Waals surface area contributed by atoms with Crippen LogP contribution in [0.4, 0.5) is 24.7 Å². The molecule has 0 amide bonds. The van der Waals surface area contributed by atoms with E-state index in [9.17, 15) is 13.2 Å². The van der Waals surface area contributed by atoms with E-state index in [0.29, 0.717) is 34.8 Å². The number of hydrogen-bond acceptors (Lipinski definition) is 7. The quantitative estimate of drug-likeness (QED) is 0.560. The molecule has 3 aliphatic rings. The first-order valence-electron chi connectivity index (χ1n) is 11.4. The van der Waals surface area contributed by atoms with Crippen molar-refractivity contribution in [2.24, 2.45) is 0 Å². The Balaban J connectivity index is 1.50. The number of benzene rings is 1. The molecule has 34 heavy (non-hydrogen) atoms. The zero-order valence-electron chi connectivity index (χ0n) is 19.0. The van der Waals surface area contributed by atoms with Gasteiger partial charge in [0.05, 0.1) is 54.7 Å². The Bertz CT molecular complexity index is 1180. The summed E-state index contributed by atoms with van der Waals surface area (Å²) >= 11 is 0. The third-order valence-corrected chi connectivity index (χ3v) is 6.59. The van der Waals surface area contributed by atoms with E-state index in [-0.39, 0.29) is 12.1 Å². The molecule has 2 unspecified atom stereocenters. The van der Waals surface area contributed by atoms with Crippen LogP contribution in [0.1, 0.15) is 43.4 Å². The van der Waals surface area contributed by atoms with Gasteiger partial charge in [0, 0.05) is 6.54 Å². The van der Waals surface area contributed by atoms with Crippen LogP contribution in [-0.2, 0) is 10.9 Å². The number of pyridine rings is 1. The van der Waals surface area contributed by atoms with Gasteiger partial charge in [0.1, 0.15) is 5.52 Å². The Labute approximate surface area is 195 Å². The van der Waals surface area contributed by atoms with E-state index in [1.807, 2.05) is 12.3 Å². The molecule has 3 aromatic rings. The zero-order valence-corrected chi connectivity index (χ0v) is 19.0. The summed E-state index contributed by atoms with van der Waals surface area (Å²) in [6.45, 7) is 3.28. The molecule has 1 N–H and O–H groups in total. The van der Waals surface area contributed by atoms with E-state index < -0.39 is 17.8 Å². The van der Waals surface area contributed by atoms with E-state index in [1.54, 1.807) is 13.0 Å². The molecule has 1 aromatic carbocycles. The normalized spacial score (nSPS) is 21.4. The summed E-state index contributed by atoms with van der Waals surface area (Å²) in [5.74, 6) is 0.728. The van der Waals surface area contributed by atoms with Gasteiger partial charge >= 0.3 is 6.18 Å². The number of rotatable bonds is 5. The van der Waals surface area contributed by atoms with E-state index in [4.69, 9.17) is 9.47 Å². The van der Waals surface area contributed by atoms with Gasteiger partial charge in [-0.3, -0.25) is 0 Å². The lowest BCUT2D eigenvalue weighted by molar-refractivity contribution is -0.137. The molecule has 6 rings (SSSR count). The van der Waals surface area contributed by atoms with Crippen LogP contribution in [0.25, 0.3) is 10.9 Å². The Morgan fingerprint density at radius 2 is 2.06 bits per heavy atom. The fraction of sp³-hybridized carbons (Fsp3) is 0.458. The highest BCUT2D eigenvalue weighted by Crippen LogP contribution is 2.36. The highest BCUT2D eigenvalue weighted by Gasteiger charge is 2.33. The molecule has 3 atom stereocenters. The summed E-state index contributed by atoms with van der Waals surface area (Å²) in [5, 5.41) is 12.3. The van der Waals surface area contributed by atoms with E-state index in [0.717, 1.165) is 43.6 Å². The van der Waals surface area contributed by atoms with Crippen LogP contribution in [-0.4, -0.2) is 47.6 Å². The van der Waals surface area contributed by atoms with Gasteiger partial charge in [-0.25, -0.2) is 4.98 Å². The molecule has 180 valence electrons. The van der Waals surface area contributed by atoms with Crippen molar-refractivity contribution in [1.82, 2.24) is 15.2 Å². The van der Waals surface area contributed by atoms with Gasteiger partial charge in [-0.2, -0.15) is 13.2 Å². The van der Waals surface area contributed by atoms with Gasteiger partial charge in [0.2, 0.25) is 0 Å². The minimum Gasteiger partial charge on any atom is -0.478 e. The third kappa shape index (κ3) is 4.34. The number of methoxy groups -OCH3 is 1. The fourth-order valence-corrected chi connectivity index (χ4v) is 4.74. The Hall–Kier alpha value is -3.14. The second-order valence-electron chi connectivity index (χ2n) is 8.83. The molecular weight excluding hydrogens is 447 g/mol. The van der Waals surface area contributed by atoms with Gasteiger partial charge in [-0.15, -0.1) is 10.2 Å². The van der Waals surface area contributed by atoms with Crippen molar-refractivity contribution in [2.75, 3.05) is 30.5 Å². The van der Waals surface area contributed by atoms with Crippen molar-refractivity contribution >= 4 is 22.4 Å². The molecule has 2 aromatic heterocycles. The first-order chi connectivity index (χ1) is 16.3. The Morgan fingerprint density at radius 1 is 1.21 bits per heavy atom. The maximum Gasteiger partial charge on any atom is 0.416 e. The van der Waals surface area contributed by atoms with Gasteiger partial charge < -0.3 is 19.7 Å². The summed E-state index contributed by atoms with van der Waals surface area (Å²) in [7, 11) is 1.50. The van der Waals surface area contributed by atoms with Crippen molar-refractivity contribution in [3.05, 3.63) is 47.7 Å². The molecule has 0 spiro atoms. The first-order valence-corrected chi connectivity index (χ1v) is 11.4. The predicted octanol–water partition coefficient (Wildman–Crippen LogP) is 4.98. The van der Waals surface area contributed by atoms with Crippen molar-refractivity contribution < 1.29 is 22.6 Å². The number of nitrogens with one attached hydrogen (secondary N) is 1. The number of nitrogens with zero attached hydrogens (tertiary/aromatic N) is 4. The Morgan fingerprint density at radius 3 is 2.85 bits per heavy atom. The molecule has 2 bridgehead atoms. The molecule has 7 nitrogen and oxygen atoms in total. The van der Waals surface area contributed by atoms with Gasteiger partial charge in [-0.1, -0.05) is 12.1 Å². The summed E-state index contributed by atoms with van der Waals surface area (Å²) in [6.07, 6.45) is 0.856. The summed E-state index contributed by atoms with van der Waals surface area (Å²) < 4.78 is 50.9. The topological polar surface area (TPSA) is 72.4 Å². The van der Waals surface area contributed by atoms with E-state index >= 15 is 0 Å². The maximum atomic E-state index is 13.2. The Kier molecular flexibility index (Phi) is 5.93. The molecule has 0 aliphatic carbocycles. The highest BCUT2D eigenvalue weighted by molar-refractivity contribution is 5.94. The lowest BCUT2D eigenvalue weighted by Crippen LogP contribution is -2.47. The highest BCUT2D eigenvalue weighted by atomic mass is 19.4. The van der Waals surface area contributed by atoms with Gasteiger partial charge in [0.15, 0.2) is 5.82 Å². The standard InChI is InChI=1S/C24H26F3N5O2/c1-14(15-5-3-6-16(9-15)24(25,26)27)29-22-20-10-18(11-28-21(20)23(33-2)31-30-22)32-12-19-8-4-7-17(32)13-34-19/h3,5-6,9-11,14,17,19H,4,7-8,12-13H2,1-2H3,(H,29,30)/t14-,17?,19?/m1/s1. The van der Waals surface area contributed by atoms with Crippen LogP contribution in [0.3, 0.4) is 0 Å². The molecule has 3 fully saturated rings. The minimum absolute atomic E-state index is 0.207.